The number of nitrogens with one attached hydrogen (secondary N) is 2. The minimum atomic E-state index is -1.01. The molecular formula is C61H70N5O8+. The van der Waals surface area contributed by atoms with Gasteiger partial charge in [-0.3, -0.25) is 20.2 Å². The Bertz CT molecular complexity index is 3330. The monoisotopic (exact) mass is 1000 g/mol. The van der Waals surface area contributed by atoms with Gasteiger partial charge >= 0.3 is 5.97 Å². The van der Waals surface area contributed by atoms with Gasteiger partial charge in [-0.25, -0.2) is 9.37 Å². The number of hydrogen-bond donors (Lipinski definition) is 4. The second-order valence-electron chi connectivity index (χ2n) is 21.9. The number of amides is 1. The van der Waals surface area contributed by atoms with Crippen LogP contribution < -0.4 is 40.2 Å². The summed E-state index contributed by atoms with van der Waals surface area (Å²) in [7, 11) is 0. The van der Waals surface area contributed by atoms with Crippen LogP contribution in [0.15, 0.2) is 84.9 Å². The zero-order chi connectivity index (χ0) is 53.0. The third-order valence-corrected chi connectivity index (χ3v) is 15.9. The molecule has 74 heavy (non-hydrogen) atoms. The van der Waals surface area contributed by atoms with Crippen molar-refractivity contribution in [2.75, 3.05) is 31.1 Å². The number of rotatable bonds is 16. The molecule has 0 aliphatic carbocycles. The molecular weight excluding hydrogens is 931 g/mol. The lowest BCUT2D eigenvalue weighted by molar-refractivity contribution is -0.384. The molecule has 5 aromatic carbocycles. The van der Waals surface area contributed by atoms with Gasteiger partial charge in [-0.1, -0.05) is 36.4 Å². The highest BCUT2D eigenvalue weighted by Gasteiger charge is 2.38. The zero-order valence-electron chi connectivity index (χ0n) is 44.5. The number of nitro groups is 1. The van der Waals surface area contributed by atoms with Crippen molar-refractivity contribution in [2.24, 2.45) is 0 Å². The molecule has 386 valence electrons. The number of nitrogens with zero attached hydrogens (tertiary/aromatic N) is 3. The first-order valence-corrected chi connectivity index (χ1v) is 26.0. The highest BCUT2D eigenvalue weighted by molar-refractivity contribution is 5.99. The van der Waals surface area contributed by atoms with Crippen molar-refractivity contribution in [3.63, 3.8) is 0 Å². The van der Waals surface area contributed by atoms with Crippen molar-refractivity contribution in [1.82, 2.24) is 15.2 Å². The predicted molar refractivity (Wildman–Crippen MR) is 292 cm³/mol. The lowest BCUT2D eigenvalue weighted by Gasteiger charge is -2.44. The van der Waals surface area contributed by atoms with Gasteiger partial charge in [-0.05, 0) is 144 Å². The summed E-state index contributed by atoms with van der Waals surface area (Å²) >= 11 is 0. The lowest BCUT2D eigenvalue weighted by atomic mass is 9.83. The third-order valence-electron chi connectivity index (χ3n) is 15.9. The maximum absolute atomic E-state index is 13.0. The Morgan fingerprint density at radius 3 is 2.27 bits per heavy atom. The summed E-state index contributed by atoms with van der Waals surface area (Å²) in [5.41, 5.74) is 11.2. The number of fused-ring (bicyclic) bond motifs is 5. The molecule has 0 spiro atoms. The molecule has 9 rings (SSSR count). The van der Waals surface area contributed by atoms with E-state index in [0.29, 0.717) is 55.3 Å². The van der Waals surface area contributed by atoms with Crippen molar-refractivity contribution in [3.8, 4) is 23.0 Å². The second-order valence-corrected chi connectivity index (χ2v) is 21.9. The number of non-ortho nitro benzene ring substituents is 1. The molecule has 5 aromatic rings. The molecule has 0 aromatic heterocycles. The standard InChI is InChI=1S/C61H69N5O8/c1-36-34-59(6,7)64(28-15-11-12-18-54(67)62-26-27-63-61(10)25-23-43-40(5)56(68)38(3)39(4)57(43)74-61)50-32-52-48(30-46(36)50)55(44-16-13-14-17-45(44)58(69)70)49-31-47-37(2)35-60(8,9)65(51(47)33-53(49)73-52)29-24-41-19-21-42(22-20-41)66(71)72/h13-14,16-17,19-22,30-35,63H,11-12,15,18,23-29H2,1-10H3,(H2-,62,67,68,69,70)/p+1. The molecule has 4 aliphatic rings. The Morgan fingerprint density at radius 2 is 1.54 bits per heavy atom. The first kappa shape index (κ1) is 51.6. The third kappa shape index (κ3) is 9.81. The van der Waals surface area contributed by atoms with E-state index in [1.807, 2.05) is 52.0 Å². The highest BCUT2D eigenvalue weighted by Crippen LogP contribution is 2.47. The molecule has 13 heteroatoms. The summed E-state index contributed by atoms with van der Waals surface area (Å²) < 4.78 is 16.0. The van der Waals surface area contributed by atoms with Crippen molar-refractivity contribution >= 4 is 40.0 Å². The number of phenols is 1. The van der Waals surface area contributed by atoms with Crippen LogP contribution in [0.1, 0.15) is 141 Å². The normalized spacial score (nSPS) is 17.8. The quantitative estimate of drug-likeness (QED) is 0.0317. The molecule has 0 fully saturated rings. The molecule has 0 saturated carbocycles. The van der Waals surface area contributed by atoms with Crippen LogP contribution in [-0.4, -0.2) is 70.0 Å². The Hall–Kier alpha value is -7.25. The van der Waals surface area contributed by atoms with E-state index in [9.17, 15) is 29.9 Å². The molecule has 4 heterocycles. The maximum atomic E-state index is 13.0. The second kappa shape index (κ2) is 19.9. The van der Waals surface area contributed by atoms with Gasteiger partial charge in [0.2, 0.25) is 11.3 Å². The number of carboxylic acid groups (broad SMARTS) is 1. The number of nitro benzene ring substituents is 1. The number of aromatic carboxylic acids is 1. The SMILES string of the molecule is CC1=CC(C)(C)N(CCc2ccc([N+](=O)[O-])cc2)c2cc3c(cc21)C(c1ccccc1C(=O)O)=c1cc2c(cc1O3)=[N+](CCCCCC(=O)NCCNC1(C)CCc3c(C)c(O)c(C)c(C)c3O1)C(C)(C)C=C2C. The average molecular weight is 1000 g/mol. The number of benzene rings is 5. The number of carbonyl (C=O) groups excluding carboxylic acids is 1. The minimum Gasteiger partial charge on any atom is -0.507 e. The number of phenolic OH excluding ortho intramolecular Hbond substituents is 1. The van der Waals surface area contributed by atoms with Crippen LogP contribution in [0.2, 0.25) is 0 Å². The van der Waals surface area contributed by atoms with Crippen molar-refractivity contribution in [1.29, 1.82) is 0 Å². The van der Waals surface area contributed by atoms with E-state index in [1.165, 1.54) is 0 Å². The van der Waals surface area contributed by atoms with Gasteiger partial charge in [0.25, 0.3) is 5.69 Å². The molecule has 4 N–H and O–H groups in total. The van der Waals surface area contributed by atoms with Gasteiger partial charge in [0.1, 0.15) is 29.5 Å². The number of allylic oxidation sites excluding steroid dienone is 2. The molecule has 1 atom stereocenters. The van der Waals surface area contributed by atoms with E-state index in [0.717, 1.165) is 122 Å². The highest BCUT2D eigenvalue weighted by atomic mass is 16.6. The van der Waals surface area contributed by atoms with Crippen molar-refractivity contribution in [2.45, 2.75) is 131 Å². The minimum absolute atomic E-state index is 0.0239. The zero-order valence-corrected chi connectivity index (χ0v) is 44.5. The topological polar surface area (TPSA) is 167 Å². The maximum Gasteiger partial charge on any atom is 0.336 e. The number of carbonyl (C=O) groups is 2. The Kier molecular flexibility index (Phi) is 13.9. The van der Waals surface area contributed by atoms with Crippen molar-refractivity contribution < 1.29 is 34.2 Å². The van der Waals surface area contributed by atoms with Crippen LogP contribution in [0.3, 0.4) is 0 Å². The van der Waals surface area contributed by atoms with Crippen LogP contribution in [0.4, 0.5) is 11.4 Å². The fraction of sp³-hybridized carbons (Fsp3) is 0.393. The van der Waals surface area contributed by atoms with E-state index < -0.39 is 11.7 Å². The molecule has 4 aliphatic heterocycles. The number of carboxylic acids is 1. The number of ether oxygens (including phenoxy) is 2. The largest absolute Gasteiger partial charge is 0.507 e. The lowest BCUT2D eigenvalue weighted by Crippen LogP contribution is -2.52. The number of hydrogen-bond acceptors (Lipinski definition) is 9. The van der Waals surface area contributed by atoms with Crippen LogP contribution in [-0.2, 0) is 17.6 Å². The summed E-state index contributed by atoms with van der Waals surface area (Å²) in [6.07, 6.45) is 9.69. The number of anilines is 1. The van der Waals surface area contributed by atoms with Gasteiger partial charge in [0, 0.05) is 110 Å². The molecule has 1 amide bonds. The van der Waals surface area contributed by atoms with Crippen LogP contribution in [0.5, 0.6) is 23.0 Å². The van der Waals surface area contributed by atoms with E-state index in [4.69, 9.17) is 9.47 Å². The van der Waals surface area contributed by atoms with E-state index in [-0.39, 0.29) is 33.2 Å². The summed E-state index contributed by atoms with van der Waals surface area (Å²) in [4.78, 5) is 39.4. The van der Waals surface area contributed by atoms with Gasteiger partial charge in [0.15, 0.2) is 11.3 Å². The number of aromatic hydroxyl groups is 1. The molecule has 13 nitrogen and oxygen atoms in total. The average Bonchev–Trinajstić information content (AvgIpc) is 3.35. The van der Waals surface area contributed by atoms with E-state index in [2.05, 4.69) is 98.1 Å². The molecule has 0 radical (unpaired) electrons. The molecule has 0 bridgehead atoms. The van der Waals surface area contributed by atoms with Gasteiger partial charge in [-0.2, -0.15) is 0 Å². The first-order valence-electron chi connectivity index (χ1n) is 26.0. The number of unbranched alkanes of at least 4 members (excludes halogenated alkanes) is 2. The first-order chi connectivity index (χ1) is 35.1. The summed E-state index contributed by atoms with van der Waals surface area (Å²) in [6.45, 7) is 23.4. The Labute approximate surface area is 434 Å². The van der Waals surface area contributed by atoms with Gasteiger partial charge in [0.05, 0.1) is 22.1 Å². The van der Waals surface area contributed by atoms with Gasteiger partial charge < -0.3 is 29.9 Å². The smallest absolute Gasteiger partial charge is 0.336 e. The molecule has 0 saturated heterocycles. The van der Waals surface area contributed by atoms with Crippen LogP contribution in [0.25, 0.3) is 16.7 Å². The summed E-state index contributed by atoms with van der Waals surface area (Å²) in [5, 5.41) is 41.0. The summed E-state index contributed by atoms with van der Waals surface area (Å²) in [6, 6.07) is 22.5. The van der Waals surface area contributed by atoms with E-state index >= 15 is 0 Å². The molecule has 1 unspecified atom stereocenters. The van der Waals surface area contributed by atoms with Crippen molar-refractivity contribution in [3.05, 3.63) is 161 Å². The van der Waals surface area contributed by atoms with Crippen LogP contribution in [0, 0.1) is 30.9 Å². The Balaban J connectivity index is 0.954. The van der Waals surface area contributed by atoms with Gasteiger partial charge in [-0.15, -0.1) is 0 Å². The fourth-order valence-corrected chi connectivity index (χ4v) is 11.8. The summed E-state index contributed by atoms with van der Waals surface area (Å²) in [5.74, 6) is 1.47. The Morgan fingerprint density at radius 1 is 0.811 bits per heavy atom. The van der Waals surface area contributed by atoms with Crippen LogP contribution >= 0.6 is 0 Å². The van der Waals surface area contributed by atoms with E-state index in [1.54, 1.807) is 24.3 Å². The predicted octanol–water partition coefficient (Wildman–Crippen LogP) is 10.2. The fourth-order valence-electron chi connectivity index (χ4n) is 11.8.